The topological polar surface area (TPSA) is 75.1 Å². The minimum atomic E-state index is -0.480. The molecular formula is C13H12ClN3O2. The van der Waals surface area contributed by atoms with E-state index in [9.17, 15) is 9.90 Å². The van der Waals surface area contributed by atoms with Crippen LogP contribution in [0.3, 0.4) is 0 Å². The maximum Gasteiger partial charge on any atom is 0.272 e. The molecular weight excluding hydrogens is 266 g/mol. The first-order chi connectivity index (χ1) is 9.20. The second-order valence-corrected chi connectivity index (χ2v) is 4.23. The van der Waals surface area contributed by atoms with Crippen LogP contribution in [0.1, 0.15) is 22.1 Å². The van der Waals surface area contributed by atoms with Gasteiger partial charge in [-0.25, -0.2) is 9.97 Å². The molecule has 1 unspecified atom stereocenters. The zero-order chi connectivity index (χ0) is 13.7. The lowest BCUT2D eigenvalue weighted by atomic mass is 10.1. The van der Waals surface area contributed by atoms with Crippen LogP contribution >= 0.6 is 11.6 Å². The summed E-state index contributed by atoms with van der Waals surface area (Å²) in [6.45, 7) is -0.198. The van der Waals surface area contributed by atoms with Gasteiger partial charge in [-0.2, -0.15) is 0 Å². The second kappa shape index (κ2) is 6.26. The Morgan fingerprint density at radius 2 is 2.00 bits per heavy atom. The number of carbonyl (C=O) groups excluding carboxylic acids is 1. The van der Waals surface area contributed by atoms with Crippen LogP contribution in [-0.4, -0.2) is 27.6 Å². The summed E-state index contributed by atoms with van der Waals surface area (Å²) in [5, 5.41) is 12.3. The highest BCUT2D eigenvalue weighted by Crippen LogP contribution is 2.12. The average Bonchev–Trinajstić information content (AvgIpc) is 2.46. The number of nitrogens with zero attached hydrogens (tertiary/aromatic N) is 2. The third-order valence-electron chi connectivity index (χ3n) is 2.54. The Balaban J connectivity index is 2.10. The first kappa shape index (κ1) is 13.5. The van der Waals surface area contributed by atoms with Crippen molar-refractivity contribution < 1.29 is 9.90 Å². The van der Waals surface area contributed by atoms with Gasteiger partial charge in [0.2, 0.25) is 0 Å². The molecule has 1 heterocycles. The molecule has 98 valence electrons. The van der Waals surface area contributed by atoms with Crippen molar-refractivity contribution in [2.24, 2.45) is 0 Å². The van der Waals surface area contributed by atoms with E-state index in [-0.39, 0.29) is 17.5 Å². The normalized spacial score (nSPS) is 11.9. The van der Waals surface area contributed by atoms with Gasteiger partial charge < -0.3 is 10.4 Å². The van der Waals surface area contributed by atoms with Gasteiger partial charge >= 0.3 is 0 Å². The molecule has 0 aliphatic rings. The molecule has 0 fully saturated rings. The fourth-order valence-electron chi connectivity index (χ4n) is 1.58. The van der Waals surface area contributed by atoms with Gasteiger partial charge in [-0.05, 0) is 5.56 Å². The first-order valence-electron chi connectivity index (χ1n) is 5.65. The molecule has 19 heavy (non-hydrogen) atoms. The Labute approximate surface area is 115 Å². The molecule has 2 N–H and O–H groups in total. The molecule has 6 heteroatoms. The van der Waals surface area contributed by atoms with Crippen molar-refractivity contribution in [3.05, 3.63) is 59.1 Å². The Bertz CT molecular complexity index is 546. The Kier molecular flexibility index (Phi) is 4.43. The Hall–Kier alpha value is -1.98. The van der Waals surface area contributed by atoms with E-state index in [1.807, 2.05) is 30.3 Å². The molecule has 0 aliphatic carbocycles. The smallest absolute Gasteiger partial charge is 0.272 e. The molecule has 1 aromatic heterocycles. The lowest BCUT2D eigenvalue weighted by Crippen LogP contribution is -2.31. The van der Waals surface area contributed by atoms with Crippen molar-refractivity contribution in [2.75, 3.05) is 6.61 Å². The molecule has 0 spiro atoms. The summed E-state index contributed by atoms with van der Waals surface area (Å²) in [6, 6.07) is 8.72. The number of aliphatic hydroxyl groups excluding tert-OH is 1. The van der Waals surface area contributed by atoms with E-state index in [0.717, 1.165) is 5.56 Å². The van der Waals surface area contributed by atoms with Crippen molar-refractivity contribution in [2.45, 2.75) is 6.04 Å². The highest BCUT2D eigenvalue weighted by atomic mass is 35.5. The van der Waals surface area contributed by atoms with Crippen molar-refractivity contribution in [3.8, 4) is 0 Å². The predicted molar refractivity (Wildman–Crippen MR) is 70.8 cm³/mol. The number of aromatic nitrogens is 2. The lowest BCUT2D eigenvalue weighted by Gasteiger charge is -2.16. The summed E-state index contributed by atoms with van der Waals surface area (Å²) in [6.07, 6.45) is 2.59. The van der Waals surface area contributed by atoms with Gasteiger partial charge in [0.1, 0.15) is 10.8 Å². The summed E-state index contributed by atoms with van der Waals surface area (Å²) in [7, 11) is 0. The highest BCUT2D eigenvalue weighted by molar-refractivity contribution is 6.29. The molecule has 2 rings (SSSR count). The molecule has 0 bridgehead atoms. The van der Waals surface area contributed by atoms with E-state index < -0.39 is 11.9 Å². The second-order valence-electron chi connectivity index (χ2n) is 3.84. The number of hydrogen-bond acceptors (Lipinski definition) is 4. The summed E-state index contributed by atoms with van der Waals surface area (Å²) >= 11 is 5.60. The Morgan fingerprint density at radius 1 is 1.26 bits per heavy atom. The summed E-state index contributed by atoms with van der Waals surface area (Å²) < 4.78 is 0. The van der Waals surface area contributed by atoms with Crippen molar-refractivity contribution in [3.63, 3.8) is 0 Å². The number of benzene rings is 1. The number of carbonyl (C=O) groups is 1. The van der Waals surface area contributed by atoms with Gasteiger partial charge in [-0.15, -0.1) is 0 Å². The quantitative estimate of drug-likeness (QED) is 0.890. The molecule has 0 saturated carbocycles. The van der Waals surface area contributed by atoms with Crippen LogP contribution in [0.25, 0.3) is 0 Å². The van der Waals surface area contributed by atoms with E-state index in [1.54, 1.807) is 0 Å². The molecule has 0 saturated heterocycles. The third kappa shape index (κ3) is 3.49. The van der Waals surface area contributed by atoms with Gasteiger partial charge in [0.15, 0.2) is 0 Å². The van der Waals surface area contributed by atoms with E-state index >= 15 is 0 Å². The van der Waals surface area contributed by atoms with Gasteiger partial charge in [-0.3, -0.25) is 4.79 Å². The van der Waals surface area contributed by atoms with E-state index in [1.165, 1.54) is 12.4 Å². The SMILES string of the molecule is O=C(NC(CO)c1ccccc1)c1cnc(Cl)cn1. The van der Waals surface area contributed by atoms with Crippen molar-refractivity contribution in [1.29, 1.82) is 0 Å². The monoisotopic (exact) mass is 277 g/mol. The van der Waals surface area contributed by atoms with Crippen molar-refractivity contribution >= 4 is 17.5 Å². The molecule has 2 aromatic rings. The molecule has 5 nitrogen and oxygen atoms in total. The summed E-state index contributed by atoms with van der Waals surface area (Å²) in [4.78, 5) is 19.6. The van der Waals surface area contributed by atoms with Crippen LogP contribution in [0.2, 0.25) is 5.15 Å². The molecule has 0 aliphatic heterocycles. The zero-order valence-electron chi connectivity index (χ0n) is 9.95. The fraction of sp³-hybridized carbons (Fsp3) is 0.154. The maximum atomic E-state index is 11.9. The van der Waals surface area contributed by atoms with Crippen LogP contribution in [0.5, 0.6) is 0 Å². The van der Waals surface area contributed by atoms with Crippen molar-refractivity contribution in [1.82, 2.24) is 15.3 Å². The summed E-state index contributed by atoms with van der Waals surface area (Å²) in [5.41, 5.74) is 0.971. The lowest BCUT2D eigenvalue weighted by molar-refractivity contribution is 0.0910. The number of amides is 1. The van der Waals surface area contributed by atoms with Gasteiger partial charge in [0, 0.05) is 0 Å². The van der Waals surface area contributed by atoms with Crippen LogP contribution in [-0.2, 0) is 0 Å². The van der Waals surface area contributed by atoms with Gasteiger partial charge in [0.25, 0.3) is 5.91 Å². The van der Waals surface area contributed by atoms with Gasteiger partial charge in [0.05, 0.1) is 25.0 Å². The average molecular weight is 278 g/mol. The molecule has 1 atom stereocenters. The first-order valence-corrected chi connectivity index (χ1v) is 6.02. The number of aliphatic hydroxyl groups is 1. The number of hydrogen-bond donors (Lipinski definition) is 2. The molecule has 0 radical (unpaired) electrons. The minimum Gasteiger partial charge on any atom is -0.394 e. The minimum absolute atomic E-state index is 0.152. The Morgan fingerprint density at radius 3 is 2.58 bits per heavy atom. The van der Waals surface area contributed by atoms with Crippen LogP contribution in [0, 0.1) is 0 Å². The molecule has 1 aromatic carbocycles. The standard InChI is InChI=1S/C13H12ClN3O2/c14-12-7-15-10(6-16-12)13(19)17-11(8-18)9-4-2-1-3-5-9/h1-7,11,18H,8H2,(H,17,19). The zero-order valence-corrected chi connectivity index (χ0v) is 10.7. The van der Waals surface area contributed by atoms with Crippen LogP contribution < -0.4 is 5.32 Å². The third-order valence-corrected chi connectivity index (χ3v) is 2.74. The number of rotatable bonds is 4. The number of halogens is 1. The van der Waals surface area contributed by atoms with Crippen LogP contribution in [0.4, 0.5) is 0 Å². The summed E-state index contributed by atoms with van der Waals surface area (Å²) in [5.74, 6) is -0.410. The highest BCUT2D eigenvalue weighted by Gasteiger charge is 2.15. The van der Waals surface area contributed by atoms with Crippen LogP contribution in [0.15, 0.2) is 42.7 Å². The predicted octanol–water partition coefficient (Wildman–Crippen LogP) is 1.59. The largest absolute Gasteiger partial charge is 0.394 e. The number of nitrogens with one attached hydrogen (secondary N) is 1. The van der Waals surface area contributed by atoms with E-state index in [2.05, 4.69) is 15.3 Å². The van der Waals surface area contributed by atoms with Gasteiger partial charge in [-0.1, -0.05) is 41.9 Å². The molecule has 1 amide bonds. The maximum absolute atomic E-state index is 11.9. The fourth-order valence-corrected chi connectivity index (χ4v) is 1.68. The van der Waals surface area contributed by atoms with E-state index in [0.29, 0.717) is 0 Å². The van der Waals surface area contributed by atoms with E-state index in [4.69, 9.17) is 11.6 Å².